The Morgan fingerprint density at radius 3 is 2.75 bits per heavy atom. The summed E-state index contributed by atoms with van der Waals surface area (Å²) in [5.74, 6) is 1.84. The van der Waals surface area contributed by atoms with Crippen molar-refractivity contribution in [2.75, 3.05) is 13.1 Å². The first kappa shape index (κ1) is 11.6. The lowest BCUT2D eigenvalue weighted by Gasteiger charge is -2.16. The minimum atomic E-state index is 0.468. The molecule has 1 aliphatic rings. The van der Waals surface area contributed by atoms with Crippen LogP contribution in [0.5, 0.6) is 0 Å². The highest BCUT2D eigenvalue weighted by Crippen LogP contribution is 2.47. The highest BCUT2D eigenvalue weighted by molar-refractivity contribution is 5.03. The molecule has 1 fully saturated rings. The Morgan fingerprint density at radius 2 is 2.25 bits per heavy atom. The molecule has 0 aliphatic heterocycles. The van der Waals surface area contributed by atoms with Gasteiger partial charge in [0.2, 0.25) is 0 Å². The average molecular weight is 222 g/mol. The highest BCUT2D eigenvalue weighted by atomic mass is 15.3. The van der Waals surface area contributed by atoms with E-state index < -0.39 is 0 Å². The Kier molecular flexibility index (Phi) is 3.28. The van der Waals surface area contributed by atoms with Crippen LogP contribution in [0.4, 0.5) is 0 Å². The van der Waals surface area contributed by atoms with E-state index in [2.05, 4.69) is 29.2 Å². The van der Waals surface area contributed by atoms with Crippen LogP contribution < -0.4 is 5.32 Å². The molecule has 0 atom stereocenters. The van der Waals surface area contributed by atoms with Crippen LogP contribution in [0, 0.1) is 11.3 Å². The first-order valence-corrected chi connectivity index (χ1v) is 6.15. The summed E-state index contributed by atoms with van der Waals surface area (Å²) in [5, 5.41) is 7.68. The van der Waals surface area contributed by atoms with Crippen molar-refractivity contribution in [1.29, 1.82) is 0 Å². The van der Waals surface area contributed by atoms with Crippen LogP contribution in [-0.2, 0) is 13.5 Å². The molecule has 0 unspecified atom stereocenters. The van der Waals surface area contributed by atoms with E-state index in [1.165, 1.54) is 12.8 Å². The normalized spacial score (nSPS) is 18.0. The predicted molar refractivity (Wildman–Crippen MR) is 64.1 cm³/mol. The van der Waals surface area contributed by atoms with Gasteiger partial charge >= 0.3 is 0 Å². The van der Waals surface area contributed by atoms with Gasteiger partial charge in [0, 0.05) is 20.0 Å². The van der Waals surface area contributed by atoms with Crippen molar-refractivity contribution in [3.05, 3.63) is 12.2 Å². The molecule has 0 bridgehead atoms. The molecule has 4 heteroatoms. The first-order chi connectivity index (χ1) is 7.61. The third kappa shape index (κ3) is 2.82. The average Bonchev–Trinajstić information content (AvgIpc) is 2.85. The molecule has 1 aromatic heterocycles. The molecule has 1 heterocycles. The molecule has 4 nitrogen and oxygen atoms in total. The van der Waals surface area contributed by atoms with Crippen molar-refractivity contribution in [1.82, 2.24) is 20.1 Å². The van der Waals surface area contributed by atoms with Gasteiger partial charge in [-0.05, 0) is 30.7 Å². The third-order valence-corrected chi connectivity index (χ3v) is 3.35. The van der Waals surface area contributed by atoms with Crippen molar-refractivity contribution in [3.63, 3.8) is 0 Å². The van der Waals surface area contributed by atoms with Crippen molar-refractivity contribution < 1.29 is 0 Å². The standard InChI is InChI=1S/C12H22N4/c1-10(2)7-13-8-12(4-5-12)6-11-14-9-15-16(11)3/h9-10,13H,4-8H2,1-3H3. The quantitative estimate of drug-likeness (QED) is 0.791. The minimum Gasteiger partial charge on any atom is -0.316 e. The van der Waals surface area contributed by atoms with Crippen molar-refractivity contribution in [3.8, 4) is 0 Å². The molecule has 2 rings (SSSR count). The van der Waals surface area contributed by atoms with E-state index in [4.69, 9.17) is 0 Å². The van der Waals surface area contributed by atoms with E-state index in [9.17, 15) is 0 Å². The SMILES string of the molecule is CC(C)CNCC1(Cc2ncnn2C)CC1. The van der Waals surface area contributed by atoms with Gasteiger partial charge in [-0.15, -0.1) is 0 Å². The van der Waals surface area contributed by atoms with Gasteiger partial charge in [-0.25, -0.2) is 4.98 Å². The van der Waals surface area contributed by atoms with Crippen LogP contribution in [0.2, 0.25) is 0 Å². The van der Waals surface area contributed by atoms with E-state index in [0.29, 0.717) is 5.41 Å². The molecule has 0 aromatic carbocycles. The van der Waals surface area contributed by atoms with Crippen LogP contribution in [0.15, 0.2) is 6.33 Å². The fourth-order valence-electron chi connectivity index (χ4n) is 2.03. The highest BCUT2D eigenvalue weighted by Gasteiger charge is 2.43. The molecule has 16 heavy (non-hydrogen) atoms. The monoisotopic (exact) mass is 222 g/mol. The zero-order valence-electron chi connectivity index (χ0n) is 10.5. The van der Waals surface area contributed by atoms with E-state index in [0.717, 1.165) is 31.3 Å². The van der Waals surface area contributed by atoms with Gasteiger partial charge in [-0.3, -0.25) is 4.68 Å². The van der Waals surface area contributed by atoms with Crippen LogP contribution in [0.25, 0.3) is 0 Å². The van der Waals surface area contributed by atoms with Gasteiger partial charge in [-0.2, -0.15) is 5.10 Å². The van der Waals surface area contributed by atoms with Crippen molar-refractivity contribution in [2.45, 2.75) is 33.1 Å². The second-order valence-electron chi connectivity index (χ2n) is 5.50. The fraction of sp³-hybridized carbons (Fsp3) is 0.833. The number of nitrogens with zero attached hydrogens (tertiary/aromatic N) is 3. The van der Waals surface area contributed by atoms with Gasteiger partial charge in [0.1, 0.15) is 12.2 Å². The lowest BCUT2D eigenvalue weighted by molar-refractivity contribution is 0.418. The molecule has 0 amide bonds. The Hall–Kier alpha value is -0.900. The molecule has 0 radical (unpaired) electrons. The Balaban J connectivity index is 1.82. The second-order valence-corrected chi connectivity index (χ2v) is 5.50. The number of aromatic nitrogens is 3. The van der Waals surface area contributed by atoms with Crippen molar-refractivity contribution >= 4 is 0 Å². The third-order valence-electron chi connectivity index (χ3n) is 3.35. The largest absolute Gasteiger partial charge is 0.316 e. The van der Waals surface area contributed by atoms with Crippen molar-refractivity contribution in [2.24, 2.45) is 18.4 Å². The van der Waals surface area contributed by atoms with Crippen LogP contribution in [0.3, 0.4) is 0 Å². The number of rotatable bonds is 6. The van der Waals surface area contributed by atoms with E-state index in [-0.39, 0.29) is 0 Å². The van der Waals surface area contributed by atoms with Gasteiger partial charge in [0.05, 0.1) is 0 Å². The number of aryl methyl sites for hydroxylation is 1. The van der Waals surface area contributed by atoms with E-state index in [1.54, 1.807) is 6.33 Å². The molecular formula is C12H22N4. The summed E-state index contributed by atoms with van der Waals surface area (Å²) < 4.78 is 1.89. The Labute approximate surface area is 97.5 Å². The molecule has 90 valence electrons. The maximum atomic E-state index is 4.31. The summed E-state index contributed by atoms with van der Waals surface area (Å²) in [6, 6.07) is 0. The van der Waals surface area contributed by atoms with E-state index in [1.807, 2.05) is 11.7 Å². The zero-order chi connectivity index (χ0) is 11.6. The maximum absolute atomic E-state index is 4.31. The van der Waals surface area contributed by atoms with Crippen LogP contribution >= 0.6 is 0 Å². The molecule has 1 aliphatic carbocycles. The second kappa shape index (κ2) is 4.53. The number of nitrogens with one attached hydrogen (secondary N) is 1. The zero-order valence-corrected chi connectivity index (χ0v) is 10.5. The molecule has 0 saturated heterocycles. The molecule has 1 saturated carbocycles. The van der Waals surface area contributed by atoms with Gasteiger partial charge in [0.25, 0.3) is 0 Å². The summed E-state index contributed by atoms with van der Waals surface area (Å²) in [6.45, 7) is 6.73. The molecule has 1 N–H and O–H groups in total. The van der Waals surface area contributed by atoms with Crippen LogP contribution in [-0.4, -0.2) is 27.9 Å². The van der Waals surface area contributed by atoms with Gasteiger partial charge < -0.3 is 5.32 Å². The number of hydrogen-bond acceptors (Lipinski definition) is 3. The lowest BCUT2D eigenvalue weighted by Crippen LogP contribution is -2.29. The van der Waals surface area contributed by atoms with Gasteiger partial charge in [0.15, 0.2) is 0 Å². The molecule has 1 aromatic rings. The topological polar surface area (TPSA) is 42.7 Å². The van der Waals surface area contributed by atoms with Gasteiger partial charge in [-0.1, -0.05) is 13.8 Å². The summed E-state index contributed by atoms with van der Waals surface area (Å²) in [7, 11) is 1.97. The predicted octanol–water partition coefficient (Wildman–Crippen LogP) is 1.38. The minimum absolute atomic E-state index is 0.468. The lowest BCUT2D eigenvalue weighted by atomic mass is 10.0. The Bertz CT molecular complexity index is 339. The number of hydrogen-bond donors (Lipinski definition) is 1. The summed E-state index contributed by atoms with van der Waals surface area (Å²) in [4.78, 5) is 4.31. The fourth-order valence-corrected chi connectivity index (χ4v) is 2.03. The maximum Gasteiger partial charge on any atom is 0.138 e. The Morgan fingerprint density at radius 1 is 1.50 bits per heavy atom. The molecule has 0 spiro atoms. The van der Waals surface area contributed by atoms with Crippen LogP contribution in [0.1, 0.15) is 32.5 Å². The first-order valence-electron chi connectivity index (χ1n) is 6.15. The molecular weight excluding hydrogens is 200 g/mol. The summed E-state index contributed by atoms with van der Waals surface area (Å²) in [5.41, 5.74) is 0.468. The summed E-state index contributed by atoms with van der Waals surface area (Å²) in [6.07, 6.45) is 5.36. The smallest absolute Gasteiger partial charge is 0.138 e. The van der Waals surface area contributed by atoms with E-state index >= 15 is 0 Å². The summed E-state index contributed by atoms with van der Waals surface area (Å²) >= 11 is 0.